The van der Waals surface area contributed by atoms with Crippen LogP contribution in [0, 0.1) is 5.92 Å². The maximum atomic E-state index is 11.1. The van der Waals surface area contributed by atoms with Crippen LogP contribution in [0.3, 0.4) is 0 Å². The van der Waals surface area contributed by atoms with Crippen LogP contribution >= 0.6 is 0 Å². The van der Waals surface area contributed by atoms with E-state index in [2.05, 4.69) is 6.58 Å². The van der Waals surface area contributed by atoms with Gasteiger partial charge in [-0.05, 0) is 13.3 Å². The monoisotopic (exact) mass is 198 g/mol. The molecule has 4 heteroatoms. The predicted octanol–water partition coefficient (Wildman–Crippen LogP) is 1.40. The van der Waals surface area contributed by atoms with Gasteiger partial charge in [-0.25, -0.2) is 4.79 Å². The highest BCUT2D eigenvalue weighted by Crippen LogP contribution is 2.24. The molecule has 2 unspecified atom stereocenters. The van der Waals surface area contributed by atoms with E-state index in [-0.39, 0.29) is 11.9 Å². The van der Waals surface area contributed by atoms with Gasteiger partial charge in [-0.1, -0.05) is 13.5 Å². The Morgan fingerprint density at radius 1 is 1.71 bits per heavy atom. The molecular formula is C10H14O4. The van der Waals surface area contributed by atoms with Crippen molar-refractivity contribution in [1.29, 1.82) is 0 Å². The average Bonchev–Trinajstić information content (AvgIpc) is 2.45. The second-order valence-electron chi connectivity index (χ2n) is 3.39. The van der Waals surface area contributed by atoms with E-state index in [1.807, 2.05) is 6.92 Å². The third-order valence-electron chi connectivity index (χ3n) is 2.14. The van der Waals surface area contributed by atoms with Crippen molar-refractivity contribution in [3.8, 4) is 0 Å². The smallest absolute Gasteiger partial charge is 0.336 e. The molecule has 78 valence electrons. The third-order valence-corrected chi connectivity index (χ3v) is 2.14. The molecule has 2 atom stereocenters. The molecule has 1 aliphatic rings. The number of carbonyl (C=O) groups is 2. The van der Waals surface area contributed by atoms with Crippen LogP contribution < -0.4 is 0 Å². The van der Waals surface area contributed by atoms with Crippen LogP contribution in [0.5, 0.6) is 0 Å². The molecule has 0 aliphatic carbocycles. The molecule has 1 saturated heterocycles. The zero-order chi connectivity index (χ0) is 10.7. The largest absolute Gasteiger partial charge is 0.425 e. The molecule has 0 aromatic heterocycles. The van der Waals surface area contributed by atoms with Gasteiger partial charge >= 0.3 is 11.9 Å². The molecule has 1 heterocycles. The zero-order valence-electron chi connectivity index (χ0n) is 8.41. The third kappa shape index (κ3) is 2.34. The predicted molar refractivity (Wildman–Crippen MR) is 49.2 cm³/mol. The molecule has 14 heavy (non-hydrogen) atoms. The molecule has 0 saturated carbocycles. The van der Waals surface area contributed by atoms with Crippen LogP contribution in [0.4, 0.5) is 0 Å². The SMILES string of the molecule is C=C(C)C(=O)OC1CC(CC)C(=O)O1. The fourth-order valence-corrected chi connectivity index (χ4v) is 1.23. The first-order chi connectivity index (χ1) is 6.54. The molecule has 4 nitrogen and oxygen atoms in total. The topological polar surface area (TPSA) is 52.6 Å². The Balaban J connectivity index is 2.46. The van der Waals surface area contributed by atoms with E-state index in [1.54, 1.807) is 6.92 Å². The maximum Gasteiger partial charge on any atom is 0.336 e. The lowest BCUT2D eigenvalue weighted by Gasteiger charge is -2.09. The number of ether oxygens (including phenoxy) is 2. The van der Waals surface area contributed by atoms with Gasteiger partial charge in [0, 0.05) is 12.0 Å². The van der Waals surface area contributed by atoms with Gasteiger partial charge in [-0.3, -0.25) is 4.79 Å². The zero-order valence-corrected chi connectivity index (χ0v) is 8.41. The summed E-state index contributed by atoms with van der Waals surface area (Å²) in [5.74, 6) is -0.940. The van der Waals surface area contributed by atoms with E-state index in [0.29, 0.717) is 18.4 Å². The van der Waals surface area contributed by atoms with Crippen LogP contribution in [0.1, 0.15) is 26.7 Å². The fourth-order valence-electron chi connectivity index (χ4n) is 1.23. The van der Waals surface area contributed by atoms with E-state index in [4.69, 9.17) is 9.47 Å². The molecule has 1 aliphatic heterocycles. The number of hydrogen-bond donors (Lipinski definition) is 0. The number of carbonyl (C=O) groups excluding carboxylic acids is 2. The molecule has 0 aromatic rings. The van der Waals surface area contributed by atoms with Crippen molar-refractivity contribution >= 4 is 11.9 Å². The molecule has 0 spiro atoms. The van der Waals surface area contributed by atoms with E-state index >= 15 is 0 Å². The van der Waals surface area contributed by atoms with Crippen LogP contribution in [0.2, 0.25) is 0 Å². The summed E-state index contributed by atoms with van der Waals surface area (Å²) in [6.07, 6.45) is 0.436. The summed E-state index contributed by atoms with van der Waals surface area (Å²) in [5.41, 5.74) is 0.306. The van der Waals surface area contributed by atoms with Crippen LogP contribution in [0.25, 0.3) is 0 Å². The summed E-state index contributed by atoms with van der Waals surface area (Å²) < 4.78 is 9.76. The van der Waals surface area contributed by atoms with Crippen molar-refractivity contribution in [1.82, 2.24) is 0 Å². The van der Waals surface area contributed by atoms with Gasteiger partial charge in [0.05, 0.1) is 5.92 Å². The first-order valence-electron chi connectivity index (χ1n) is 4.61. The molecule has 0 radical (unpaired) electrons. The van der Waals surface area contributed by atoms with Gasteiger partial charge in [0.15, 0.2) is 0 Å². The van der Waals surface area contributed by atoms with E-state index in [0.717, 1.165) is 0 Å². The molecule has 0 amide bonds. The minimum absolute atomic E-state index is 0.141. The Kier molecular flexibility index (Phi) is 3.28. The fraction of sp³-hybridized carbons (Fsp3) is 0.600. The second kappa shape index (κ2) is 4.26. The highest BCUT2D eigenvalue weighted by Gasteiger charge is 2.35. The van der Waals surface area contributed by atoms with Crippen molar-refractivity contribution < 1.29 is 19.1 Å². The Morgan fingerprint density at radius 2 is 2.36 bits per heavy atom. The Bertz CT molecular complexity index is 269. The van der Waals surface area contributed by atoms with Crippen molar-refractivity contribution in [3.63, 3.8) is 0 Å². The second-order valence-corrected chi connectivity index (χ2v) is 3.39. The quantitative estimate of drug-likeness (QED) is 0.508. The molecular weight excluding hydrogens is 184 g/mol. The summed E-state index contributed by atoms with van der Waals surface area (Å²) in [5, 5.41) is 0. The molecule has 0 N–H and O–H groups in total. The number of esters is 2. The van der Waals surface area contributed by atoms with Gasteiger partial charge in [0.2, 0.25) is 6.29 Å². The molecule has 1 rings (SSSR count). The van der Waals surface area contributed by atoms with Gasteiger partial charge in [-0.2, -0.15) is 0 Å². The standard InChI is InChI=1S/C10H14O4/c1-4-7-5-8(14-10(7)12)13-9(11)6(2)3/h7-8H,2,4-5H2,1,3H3. The number of cyclic esters (lactones) is 1. The normalized spacial score (nSPS) is 25.7. The van der Waals surface area contributed by atoms with E-state index in [9.17, 15) is 9.59 Å². The Morgan fingerprint density at radius 3 is 2.79 bits per heavy atom. The van der Waals surface area contributed by atoms with Gasteiger partial charge in [0.1, 0.15) is 0 Å². The van der Waals surface area contributed by atoms with Gasteiger partial charge < -0.3 is 9.47 Å². The highest BCUT2D eigenvalue weighted by molar-refractivity contribution is 5.87. The first-order valence-corrected chi connectivity index (χ1v) is 4.61. The highest BCUT2D eigenvalue weighted by atomic mass is 16.7. The van der Waals surface area contributed by atoms with Crippen LogP contribution in [-0.2, 0) is 19.1 Å². The Labute approximate surface area is 82.9 Å². The van der Waals surface area contributed by atoms with Crippen molar-refractivity contribution in [3.05, 3.63) is 12.2 Å². The molecule has 1 fully saturated rings. The molecule has 0 aromatic carbocycles. The average molecular weight is 198 g/mol. The number of hydrogen-bond acceptors (Lipinski definition) is 4. The summed E-state index contributed by atoms with van der Waals surface area (Å²) in [7, 11) is 0. The maximum absolute atomic E-state index is 11.1. The van der Waals surface area contributed by atoms with Crippen LogP contribution in [0.15, 0.2) is 12.2 Å². The van der Waals surface area contributed by atoms with Crippen LogP contribution in [-0.4, -0.2) is 18.2 Å². The lowest BCUT2D eigenvalue weighted by Crippen LogP contribution is -2.17. The molecule has 0 bridgehead atoms. The Hall–Kier alpha value is -1.32. The lowest BCUT2D eigenvalue weighted by molar-refractivity contribution is -0.173. The van der Waals surface area contributed by atoms with Crippen molar-refractivity contribution in [2.24, 2.45) is 5.92 Å². The van der Waals surface area contributed by atoms with Gasteiger partial charge in [0.25, 0.3) is 0 Å². The lowest BCUT2D eigenvalue weighted by atomic mass is 10.1. The van der Waals surface area contributed by atoms with Gasteiger partial charge in [-0.15, -0.1) is 0 Å². The van der Waals surface area contributed by atoms with Crippen molar-refractivity contribution in [2.45, 2.75) is 33.0 Å². The minimum Gasteiger partial charge on any atom is -0.425 e. The van der Waals surface area contributed by atoms with E-state index in [1.165, 1.54) is 0 Å². The first kappa shape index (κ1) is 10.8. The summed E-state index contributed by atoms with van der Waals surface area (Å²) >= 11 is 0. The minimum atomic E-state index is -0.725. The summed E-state index contributed by atoms with van der Waals surface area (Å²) in [4.78, 5) is 22.2. The number of rotatable bonds is 3. The van der Waals surface area contributed by atoms with E-state index < -0.39 is 12.3 Å². The summed E-state index contributed by atoms with van der Waals surface area (Å²) in [6.45, 7) is 6.89. The summed E-state index contributed by atoms with van der Waals surface area (Å²) in [6, 6.07) is 0. The van der Waals surface area contributed by atoms with Crippen molar-refractivity contribution in [2.75, 3.05) is 0 Å².